The first kappa shape index (κ1) is 21.4. The molecular formula is C27H26N2O3. The Morgan fingerprint density at radius 2 is 1.66 bits per heavy atom. The van der Waals surface area contributed by atoms with Crippen LogP contribution >= 0.6 is 0 Å². The first-order valence-electron chi connectivity index (χ1n) is 10.8. The smallest absolute Gasteiger partial charge is 0.338 e. The summed E-state index contributed by atoms with van der Waals surface area (Å²) in [6, 6.07) is 26.6. The fourth-order valence-electron chi connectivity index (χ4n) is 3.79. The summed E-state index contributed by atoms with van der Waals surface area (Å²) in [7, 11) is 0. The second kappa shape index (κ2) is 9.96. The molecule has 5 heteroatoms. The number of hydrogen-bond donors (Lipinski definition) is 1. The molecule has 0 saturated carbocycles. The molecule has 1 heterocycles. The van der Waals surface area contributed by atoms with Crippen LogP contribution < -0.4 is 10.9 Å². The van der Waals surface area contributed by atoms with Gasteiger partial charge in [-0.25, -0.2) is 4.79 Å². The van der Waals surface area contributed by atoms with Gasteiger partial charge in [-0.15, -0.1) is 0 Å². The summed E-state index contributed by atoms with van der Waals surface area (Å²) in [6.45, 7) is 3.72. The Kier molecular flexibility index (Phi) is 6.66. The lowest BCUT2D eigenvalue weighted by Gasteiger charge is -2.24. The van der Waals surface area contributed by atoms with Gasteiger partial charge in [-0.1, -0.05) is 60.7 Å². The molecule has 1 amide bonds. The molecule has 4 rings (SSSR count). The summed E-state index contributed by atoms with van der Waals surface area (Å²) < 4.78 is 5.26. The predicted octanol–water partition coefficient (Wildman–Crippen LogP) is 5.25. The Morgan fingerprint density at radius 3 is 2.47 bits per heavy atom. The maximum absolute atomic E-state index is 13.3. The van der Waals surface area contributed by atoms with Crippen molar-refractivity contribution in [2.24, 2.45) is 0 Å². The van der Waals surface area contributed by atoms with Crippen LogP contribution in [-0.4, -0.2) is 23.9 Å². The van der Waals surface area contributed by atoms with Crippen molar-refractivity contribution in [2.45, 2.75) is 19.9 Å². The molecule has 0 radical (unpaired) electrons. The zero-order valence-electron chi connectivity index (χ0n) is 18.1. The molecule has 0 bridgehead atoms. The Hall–Kier alpha value is -3.86. The number of hydrogen-bond acceptors (Lipinski definition) is 4. The van der Waals surface area contributed by atoms with E-state index in [0.717, 1.165) is 34.2 Å². The fourth-order valence-corrected chi connectivity index (χ4v) is 3.79. The van der Waals surface area contributed by atoms with Gasteiger partial charge in [-0.2, -0.15) is 0 Å². The molecule has 5 nitrogen and oxygen atoms in total. The van der Waals surface area contributed by atoms with Crippen molar-refractivity contribution in [3.63, 3.8) is 0 Å². The van der Waals surface area contributed by atoms with Crippen LogP contribution in [0.25, 0.3) is 11.0 Å². The minimum Gasteiger partial charge on any atom is -0.423 e. The summed E-state index contributed by atoms with van der Waals surface area (Å²) in [6.07, 6.45) is 0.735. The van der Waals surface area contributed by atoms with Crippen LogP contribution in [0.3, 0.4) is 0 Å². The van der Waals surface area contributed by atoms with Gasteiger partial charge >= 0.3 is 5.63 Å². The highest BCUT2D eigenvalue weighted by Crippen LogP contribution is 2.21. The molecule has 0 spiro atoms. The number of nitrogens with one attached hydrogen (secondary N) is 1. The molecule has 0 saturated heterocycles. The lowest BCUT2D eigenvalue weighted by molar-refractivity contribution is 0.0742. The van der Waals surface area contributed by atoms with E-state index in [4.69, 9.17) is 4.42 Å². The summed E-state index contributed by atoms with van der Waals surface area (Å²) in [5.41, 5.74) is 3.71. The minimum atomic E-state index is -0.383. The topological polar surface area (TPSA) is 62.6 Å². The molecule has 0 aliphatic heterocycles. The third-order valence-corrected chi connectivity index (χ3v) is 5.45. The summed E-state index contributed by atoms with van der Waals surface area (Å²) in [4.78, 5) is 27.1. The van der Waals surface area contributed by atoms with Gasteiger partial charge in [0.15, 0.2) is 0 Å². The monoisotopic (exact) mass is 426 g/mol. The summed E-state index contributed by atoms with van der Waals surface area (Å²) >= 11 is 0. The SMILES string of the molecule is Cc1ccccc1C(=O)N(CCCNc1cc(=O)oc2ccccc12)Cc1ccccc1. The van der Waals surface area contributed by atoms with Crippen molar-refractivity contribution >= 4 is 22.6 Å². The predicted molar refractivity (Wildman–Crippen MR) is 128 cm³/mol. The third kappa shape index (κ3) is 5.06. The second-order valence-electron chi connectivity index (χ2n) is 7.78. The summed E-state index contributed by atoms with van der Waals surface area (Å²) in [5.74, 6) is 0.0257. The Morgan fingerprint density at radius 1 is 0.938 bits per heavy atom. The van der Waals surface area contributed by atoms with Crippen LogP contribution in [-0.2, 0) is 6.54 Å². The van der Waals surface area contributed by atoms with E-state index in [1.165, 1.54) is 6.07 Å². The molecule has 1 N–H and O–H groups in total. The highest BCUT2D eigenvalue weighted by molar-refractivity contribution is 5.95. The normalized spacial score (nSPS) is 10.8. The van der Waals surface area contributed by atoms with Crippen LogP contribution in [0.5, 0.6) is 0 Å². The molecule has 1 aromatic heterocycles. The van der Waals surface area contributed by atoms with Crippen LogP contribution in [0.15, 0.2) is 94.1 Å². The van der Waals surface area contributed by atoms with E-state index in [1.807, 2.05) is 84.6 Å². The molecule has 0 aliphatic carbocycles. The molecule has 3 aromatic carbocycles. The average molecular weight is 427 g/mol. The minimum absolute atomic E-state index is 0.0257. The van der Waals surface area contributed by atoms with E-state index in [0.29, 0.717) is 25.2 Å². The van der Waals surface area contributed by atoms with Crippen LogP contribution in [0.2, 0.25) is 0 Å². The molecule has 32 heavy (non-hydrogen) atoms. The molecular weight excluding hydrogens is 400 g/mol. The van der Waals surface area contributed by atoms with E-state index in [2.05, 4.69) is 5.32 Å². The standard InChI is InChI=1S/C27H26N2O3/c1-20-10-5-6-13-22(20)27(31)29(19-21-11-3-2-4-12-21)17-9-16-28-24-18-26(30)32-25-15-8-7-14-23(24)25/h2-8,10-15,18,28H,9,16-17,19H2,1H3. The van der Waals surface area contributed by atoms with Crippen LogP contribution in [0.1, 0.15) is 27.9 Å². The van der Waals surface area contributed by atoms with E-state index < -0.39 is 0 Å². The van der Waals surface area contributed by atoms with Gasteiger partial charge < -0.3 is 14.6 Å². The van der Waals surface area contributed by atoms with Gasteiger partial charge in [0, 0.05) is 36.7 Å². The van der Waals surface area contributed by atoms with Gasteiger partial charge in [0.1, 0.15) is 5.58 Å². The van der Waals surface area contributed by atoms with Gasteiger partial charge in [0.2, 0.25) is 0 Å². The zero-order valence-corrected chi connectivity index (χ0v) is 18.1. The number of anilines is 1. The highest BCUT2D eigenvalue weighted by atomic mass is 16.4. The number of amides is 1. The maximum atomic E-state index is 13.3. The van der Waals surface area contributed by atoms with Crippen molar-refractivity contribution in [1.29, 1.82) is 0 Å². The quantitative estimate of drug-likeness (QED) is 0.309. The van der Waals surface area contributed by atoms with Crippen molar-refractivity contribution in [1.82, 2.24) is 4.90 Å². The molecule has 162 valence electrons. The number of nitrogens with zero attached hydrogens (tertiary/aromatic N) is 1. The van der Waals surface area contributed by atoms with Crippen molar-refractivity contribution in [2.75, 3.05) is 18.4 Å². The van der Waals surface area contributed by atoms with E-state index in [-0.39, 0.29) is 11.5 Å². The first-order valence-corrected chi connectivity index (χ1v) is 10.8. The molecule has 0 fully saturated rings. The number of aryl methyl sites for hydroxylation is 1. The number of carbonyl (C=O) groups is 1. The van der Waals surface area contributed by atoms with E-state index in [9.17, 15) is 9.59 Å². The van der Waals surface area contributed by atoms with Crippen LogP contribution in [0, 0.1) is 6.92 Å². The van der Waals surface area contributed by atoms with Crippen molar-refractivity contribution in [3.8, 4) is 0 Å². The Labute approximate surface area is 187 Å². The largest absolute Gasteiger partial charge is 0.423 e. The second-order valence-corrected chi connectivity index (χ2v) is 7.78. The highest BCUT2D eigenvalue weighted by Gasteiger charge is 2.17. The number of para-hydroxylation sites is 1. The summed E-state index contributed by atoms with van der Waals surface area (Å²) in [5, 5.41) is 4.20. The third-order valence-electron chi connectivity index (χ3n) is 5.45. The van der Waals surface area contributed by atoms with Gasteiger partial charge in [0.25, 0.3) is 5.91 Å². The molecule has 0 aliphatic rings. The fraction of sp³-hybridized carbons (Fsp3) is 0.185. The van der Waals surface area contributed by atoms with Crippen LogP contribution in [0.4, 0.5) is 5.69 Å². The number of benzene rings is 3. The number of rotatable bonds is 8. The Balaban J connectivity index is 1.46. The number of fused-ring (bicyclic) bond motifs is 1. The van der Waals surface area contributed by atoms with Crippen molar-refractivity contribution < 1.29 is 9.21 Å². The Bertz CT molecular complexity index is 1260. The molecule has 0 atom stereocenters. The van der Waals surface area contributed by atoms with Gasteiger partial charge in [0.05, 0.1) is 5.69 Å². The van der Waals surface area contributed by atoms with Gasteiger partial charge in [-0.3, -0.25) is 4.79 Å². The average Bonchev–Trinajstić information content (AvgIpc) is 2.81. The first-order chi connectivity index (χ1) is 15.6. The van der Waals surface area contributed by atoms with E-state index >= 15 is 0 Å². The zero-order chi connectivity index (χ0) is 22.3. The molecule has 4 aromatic rings. The van der Waals surface area contributed by atoms with Gasteiger partial charge in [-0.05, 0) is 42.7 Å². The van der Waals surface area contributed by atoms with Crippen molar-refractivity contribution in [3.05, 3.63) is 112 Å². The lowest BCUT2D eigenvalue weighted by Crippen LogP contribution is -2.33. The lowest BCUT2D eigenvalue weighted by atomic mass is 10.1. The maximum Gasteiger partial charge on any atom is 0.338 e. The molecule has 0 unspecified atom stereocenters. The van der Waals surface area contributed by atoms with E-state index in [1.54, 1.807) is 6.07 Å². The number of carbonyl (C=O) groups excluding carboxylic acids is 1.